The molecule has 0 amide bonds. The Balaban J connectivity index is 0.000000250. The Bertz CT molecular complexity index is 64.0. The van der Waals surface area contributed by atoms with Crippen molar-refractivity contribution < 1.29 is 19.5 Å². The largest absolute Gasteiger partial charge is 0.357 e. The minimum atomic E-state index is 0. The predicted octanol–water partition coefficient (Wildman–Crippen LogP) is -1.00. The van der Waals surface area contributed by atoms with E-state index in [9.17, 15) is 0 Å². The Kier molecular flexibility index (Phi) is 2.76. The molecule has 0 spiro atoms. The van der Waals surface area contributed by atoms with E-state index in [-0.39, 0.29) is 19.5 Å². The van der Waals surface area contributed by atoms with Crippen LogP contribution in [0.5, 0.6) is 0 Å². The summed E-state index contributed by atoms with van der Waals surface area (Å²) in [6, 6.07) is 0. The molecular weight excluding hydrogens is 171 g/mol. The summed E-state index contributed by atoms with van der Waals surface area (Å²) in [5, 5.41) is 11.8. The van der Waals surface area contributed by atoms with Crippen LogP contribution < -0.4 is 0 Å². The van der Waals surface area contributed by atoms with Crippen molar-refractivity contribution in [3.63, 3.8) is 0 Å². The van der Waals surface area contributed by atoms with Gasteiger partial charge in [0.2, 0.25) is 0 Å². The average molecular weight is 172 g/mol. The van der Waals surface area contributed by atoms with Crippen LogP contribution in [0.3, 0.4) is 0 Å². The molecule has 1 rings (SSSR count). The fourth-order valence-corrected chi connectivity index (χ4v) is 0.112. The van der Waals surface area contributed by atoms with Gasteiger partial charge in [-0.15, -0.1) is 0 Å². The molecule has 1 radical (unpaired) electrons. The Labute approximate surface area is 47.1 Å². The SMILES string of the molecule is [Rh].[c-]1nn[nH]n1. The first-order chi connectivity index (χ1) is 2.50. The molecule has 1 N–H and O–H groups in total. The van der Waals surface area contributed by atoms with Crippen molar-refractivity contribution in [3.8, 4) is 0 Å². The molecule has 0 bridgehead atoms. The fraction of sp³-hybridized carbons (Fsp3) is 0. The summed E-state index contributed by atoms with van der Waals surface area (Å²) >= 11 is 0. The number of hydrogen-bond donors (Lipinski definition) is 1. The van der Waals surface area contributed by atoms with Gasteiger partial charge in [0.15, 0.2) is 0 Å². The smallest absolute Gasteiger partial charge is 0 e. The molecule has 1 aromatic rings. The van der Waals surface area contributed by atoms with Crippen LogP contribution in [0, 0.1) is 6.33 Å². The Morgan fingerprint density at radius 2 is 2.33 bits per heavy atom. The van der Waals surface area contributed by atoms with E-state index in [1.807, 2.05) is 0 Å². The van der Waals surface area contributed by atoms with Gasteiger partial charge in [0.05, 0.1) is 0 Å². The van der Waals surface area contributed by atoms with E-state index in [1.165, 1.54) is 0 Å². The molecule has 0 unspecified atom stereocenters. The van der Waals surface area contributed by atoms with Gasteiger partial charge in [-0.1, -0.05) is 5.21 Å². The van der Waals surface area contributed by atoms with Crippen molar-refractivity contribution in [1.29, 1.82) is 0 Å². The molecule has 1 heterocycles. The summed E-state index contributed by atoms with van der Waals surface area (Å²) in [5.74, 6) is 0. The number of H-pyrrole nitrogens is 1. The first kappa shape index (κ1) is 5.69. The van der Waals surface area contributed by atoms with Gasteiger partial charge >= 0.3 is 0 Å². The maximum absolute atomic E-state index is 3.25. The number of aromatic nitrogens is 4. The van der Waals surface area contributed by atoms with Crippen LogP contribution in [0.25, 0.3) is 0 Å². The van der Waals surface area contributed by atoms with Crippen LogP contribution in [0.1, 0.15) is 0 Å². The van der Waals surface area contributed by atoms with Gasteiger partial charge < -0.3 is 10.2 Å². The molecule has 0 saturated carbocycles. The first-order valence-electron chi connectivity index (χ1n) is 1.09. The first-order valence-corrected chi connectivity index (χ1v) is 1.09. The molecule has 0 saturated heterocycles. The average Bonchev–Trinajstić information content (AvgIpc) is 1.76. The fourth-order valence-electron chi connectivity index (χ4n) is 0.112. The molecule has 4 nitrogen and oxygen atoms in total. The van der Waals surface area contributed by atoms with Gasteiger partial charge in [-0.2, -0.15) is 0 Å². The molecule has 0 aliphatic heterocycles. The molecular formula is CHN4Rh-. The standard InChI is InChI=1S/CHN4.Rh/c1-2-4-5-3-1;/h(H,2,3,4,5);/q-1;. The van der Waals surface area contributed by atoms with E-state index in [0.29, 0.717) is 0 Å². The van der Waals surface area contributed by atoms with Gasteiger partial charge in [-0.25, -0.2) is 11.5 Å². The van der Waals surface area contributed by atoms with Crippen molar-refractivity contribution in [2.24, 2.45) is 0 Å². The van der Waals surface area contributed by atoms with Crippen molar-refractivity contribution in [2.75, 3.05) is 0 Å². The number of nitrogens with zero attached hydrogens (tertiary/aromatic N) is 3. The second kappa shape index (κ2) is 2.91. The van der Waals surface area contributed by atoms with E-state index in [1.54, 1.807) is 0 Å². The minimum absolute atomic E-state index is 0. The third kappa shape index (κ3) is 1.22. The molecule has 5 heteroatoms. The van der Waals surface area contributed by atoms with Crippen molar-refractivity contribution in [1.82, 2.24) is 20.6 Å². The summed E-state index contributed by atoms with van der Waals surface area (Å²) in [4.78, 5) is 0. The summed E-state index contributed by atoms with van der Waals surface area (Å²) in [6.45, 7) is 0. The zero-order valence-corrected chi connectivity index (χ0v) is 4.31. The number of aromatic amines is 1. The second-order valence-electron chi connectivity index (χ2n) is 0.512. The Morgan fingerprint density at radius 1 is 1.50 bits per heavy atom. The molecule has 35 valence electrons. The molecule has 0 atom stereocenters. The van der Waals surface area contributed by atoms with Crippen LogP contribution >= 0.6 is 0 Å². The maximum Gasteiger partial charge on any atom is 0 e. The molecule has 1 aromatic heterocycles. The zero-order valence-electron chi connectivity index (χ0n) is 2.67. The van der Waals surface area contributed by atoms with Crippen molar-refractivity contribution in [3.05, 3.63) is 6.33 Å². The Hall–Kier alpha value is -0.307. The molecule has 0 aromatic carbocycles. The minimum Gasteiger partial charge on any atom is -0.357 e. The molecule has 0 aliphatic rings. The monoisotopic (exact) mass is 172 g/mol. The summed E-state index contributed by atoms with van der Waals surface area (Å²) < 4.78 is 0. The van der Waals surface area contributed by atoms with Crippen molar-refractivity contribution >= 4 is 0 Å². The second-order valence-corrected chi connectivity index (χ2v) is 0.512. The van der Waals surface area contributed by atoms with E-state index in [2.05, 4.69) is 27.0 Å². The van der Waals surface area contributed by atoms with Gasteiger partial charge in [0, 0.05) is 19.5 Å². The van der Waals surface area contributed by atoms with Crippen LogP contribution in [0.15, 0.2) is 0 Å². The predicted molar refractivity (Wildman–Crippen MR) is 13.0 cm³/mol. The van der Waals surface area contributed by atoms with Crippen molar-refractivity contribution in [2.45, 2.75) is 0 Å². The van der Waals surface area contributed by atoms with E-state index in [4.69, 9.17) is 0 Å². The van der Waals surface area contributed by atoms with Crippen LogP contribution in [0.2, 0.25) is 0 Å². The molecule has 6 heavy (non-hydrogen) atoms. The van der Waals surface area contributed by atoms with E-state index < -0.39 is 0 Å². The third-order valence-electron chi connectivity index (χ3n) is 0.239. The van der Waals surface area contributed by atoms with Crippen LogP contribution in [-0.2, 0) is 19.5 Å². The zero-order chi connectivity index (χ0) is 3.54. The van der Waals surface area contributed by atoms with Crippen LogP contribution in [0.4, 0.5) is 0 Å². The Morgan fingerprint density at radius 3 is 2.50 bits per heavy atom. The normalized spacial score (nSPS) is 6.67. The van der Waals surface area contributed by atoms with E-state index >= 15 is 0 Å². The molecule has 0 aliphatic carbocycles. The van der Waals surface area contributed by atoms with Gasteiger partial charge in [0.1, 0.15) is 0 Å². The van der Waals surface area contributed by atoms with Gasteiger partial charge in [-0.05, 0) is 0 Å². The van der Waals surface area contributed by atoms with E-state index in [0.717, 1.165) is 0 Å². The summed E-state index contributed by atoms with van der Waals surface area (Å²) in [5.41, 5.74) is 0. The van der Waals surface area contributed by atoms with Crippen LogP contribution in [-0.4, -0.2) is 20.6 Å². The number of nitrogens with one attached hydrogen (secondary N) is 1. The third-order valence-corrected chi connectivity index (χ3v) is 0.239. The summed E-state index contributed by atoms with van der Waals surface area (Å²) in [7, 11) is 0. The summed E-state index contributed by atoms with van der Waals surface area (Å²) in [6.07, 6.45) is 2.19. The maximum atomic E-state index is 3.25. The quantitative estimate of drug-likeness (QED) is 0.403. The van der Waals surface area contributed by atoms with Gasteiger partial charge in [-0.3, -0.25) is 0 Å². The molecule has 0 fully saturated rings. The van der Waals surface area contributed by atoms with Gasteiger partial charge in [0.25, 0.3) is 0 Å². The number of rotatable bonds is 0. The number of tetrazole rings is 1. The topological polar surface area (TPSA) is 54.5 Å². The number of hydrogen-bond acceptors (Lipinski definition) is 3.